The number of rotatable bonds is 4. The van der Waals surface area contributed by atoms with Gasteiger partial charge in [0.2, 0.25) is 5.91 Å². The standard InChI is InChI=1S/C14H19N3O3.ClH/c1-9(18)17-12-4-2-10(3-5-12)14(20)16-7-11-6-15-8-13(11)19;/h2-5,11,13,15,19H,6-8H2,1H3,(H,16,20)(H,17,18);1H. The number of anilines is 1. The lowest BCUT2D eigenvalue weighted by Gasteiger charge is -2.14. The topological polar surface area (TPSA) is 90.5 Å². The molecule has 2 atom stereocenters. The van der Waals surface area contributed by atoms with Crippen LogP contribution in [0.25, 0.3) is 0 Å². The minimum Gasteiger partial charge on any atom is -0.391 e. The molecule has 1 fully saturated rings. The van der Waals surface area contributed by atoms with Crippen molar-refractivity contribution >= 4 is 29.9 Å². The van der Waals surface area contributed by atoms with Crippen LogP contribution in [0.3, 0.4) is 0 Å². The third kappa shape index (κ3) is 5.00. The van der Waals surface area contributed by atoms with E-state index in [1.807, 2.05) is 0 Å². The number of β-amino-alcohol motifs (C(OH)–C–C–N with tert-alkyl or cyclic N) is 1. The second-order valence-corrected chi connectivity index (χ2v) is 4.95. The monoisotopic (exact) mass is 313 g/mol. The normalized spacial score (nSPS) is 20.5. The van der Waals surface area contributed by atoms with Crippen LogP contribution in [0.5, 0.6) is 0 Å². The SMILES string of the molecule is CC(=O)Nc1ccc(C(=O)NCC2CNCC2O)cc1.Cl. The molecule has 0 radical (unpaired) electrons. The molecule has 21 heavy (non-hydrogen) atoms. The maximum atomic E-state index is 11.9. The van der Waals surface area contributed by atoms with Crippen LogP contribution in [-0.4, -0.2) is 42.7 Å². The molecule has 0 bridgehead atoms. The van der Waals surface area contributed by atoms with Crippen LogP contribution in [0.2, 0.25) is 0 Å². The van der Waals surface area contributed by atoms with E-state index in [0.29, 0.717) is 30.9 Å². The predicted molar refractivity (Wildman–Crippen MR) is 82.7 cm³/mol. The highest BCUT2D eigenvalue weighted by molar-refractivity contribution is 5.95. The third-order valence-electron chi connectivity index (χ3n) is 3.30. The fraction of sp³-hybridized carbons (Fsp3) is 0.429. The van der Waals surface area contributed by atoms with Gasteiger partial charge in [0.05, 0.1) is 6.10 Å². The Morgan fingerprint density at radius 3 is 2.48 bits per heavy atom. The highest BCUT2D eigenvalue weighted by Crippen LogP contribution is 2.11. The summed E-state index contributed by atoms with van der Waals surface area (Å²) in [5.74, 6) is -0.277. The second kappa shape index (κ2) is 7.97. The fourth-order valence-electron chi connectivity index (χ4n) is 2.16. The number of carbonyl (C=O) groups is 2. The van der Waals surface area contributed by atoms with Gasteiger partial charge in [-0.05, 0) is 24.3 Å². The smallest absolute Gasteiger partial charge is 0.251 e. The highest BCUT2D eigenvalue weighted by Gasteiger charge is 2.25. The molecule has 0 saturated carbocycles. The van der Waals surface area contributed by atoms with Crippen molar-refractivity contribution in [3.8, 4) is 0 Å². The number of hydrogen-bond donors (Lipinski definition) is 4. The number of carbonyl (C=O) groups excluding carboxylic acids is 2. The van der Waals surface area contributed by atoms with Gasteiger partial charge in [0.25, 0.3) is 5.91 Å². The number of halogens is 1. The highest BCUT2D eigenvalue weighted by atomic mass is 35.5. The Labute approximate surface area is 129 Å². The lowest BCUT2D eigenvalue weighted by molar-refractivity contribution is -0.114. The van der Waals surface area contributed by atoms with Crippen molar-refractivity contribution in [2.75, 3.05) is 25.0 Å². The van der Waals surface area contributed by atoms with Crippen LogP contribution in [0.15, 0.2) is 24.3 Å². The Balaban J connectivity index is 0.00000220. The van der Waals surface area contributed by atoms with Gasteiger partial charge in [-0.15, -0.1) is 12.4 Å². The molecule has 1 aliphatic heterocycles. The zero-order valence-electron chi connectivity index (χ0n) is 11.8. The number of amides is 2. The first kappa shape index (κ1) is 17.4. The van der Waals surface area contributed by atoms with E-state index in [4.69, 9.17) is 0 Å². The minimum atomic E-state index is -0.405. The molecule has 0 aliphatic carbocycles. The largest absolute Gasteiger partial charge is 0.391 e. The molecule has 1 aliphatic rings. The Bertz CT molecular complexity index is 493. The van der Waals surface area contributed by atoms with E-state index in [-0.39, 0.29) is 30.1 Å². The molecule has 7 heteroatoms. The van der Waals surface area contributed by atoms with E-state index in [1.54, 1.807) is 24.3 Å². The van der Waals surface area contributed by atoms with Crippen molar-refractivity contribution in [3.05, 3.63) is 29.8 Å². The van der Waals surface area contributed by atoms with Crippen molar-refractivity contribution in [2.45, 2.75) is 13.0 Å². The van der Waals surface area contributed by atoms with Crippen molar-refractivity contribution in [3.63, 3.8) is 0 Å². The van der Waals surface area contributed by atoms with E-state index < -0.39 is 6.10 Å². The Morgan fingerprint density at radius 1 is 1.29 bits per heavy atom. The molecule has 1 aromatic rings. The maximum absolute atomic E-state index is 11.9. The molecule has 6 nitrogen and oxygen atoms in total. The molecule has 1 saturated heterocycles. The summed E-state index contributed by atoms with van der Waals surface area (Å²) in [4.78, 5) is 22.8. The number of aliphatic hydroxyl groups excluding tert-OH is 1. The van der Waals surface area contributed by atoms with Gasteiger partial charge in [-0.25, -0.2) is 0 Å². The number of hydrogen-bond acceptors (Lipinski definition) is 4. The first-order chi connectivity index (χ1) is 9.56. The van der Waals surface area contributed by atoms with E-state index in [1.165, 1.54) is 6.92 Å². The number of nitrogens with one attached hydrogen (secondary N) is 3. The minimum absolute atomic E-state index is 0. The Kier molecular flexibility index (Phi) is 6.61. The number of benzene rings is 1. The third-order valence-corrected chi connectivity index (χ3v) is 3.30. The predicted octanol–water partition coefficient (Wildman–Crippen LogP) is 0.377. The van der Waals surface area contributed by atoms with Crippen molar-refractivity contribution in [1.29, 1.82) is 0 Å². The fourth-order valence-corrected chi connectivity index (χ4v) is 2.16. The number of aliphatic hydroxyl groups is 1. The van der Waals surface area contributed by atoms with Crippen LogP contribution >= 0.6 is 12.4 Å². The van der Waals surface area contributed by atoms with Gasteiger partial charge >= 0.3 is 0 Å². The summed E-state index contributed by atoms with van der Waals surface area (Å²) in [6.07, 6.45) is -0.405. The summed E-state index contributed by atoms with van der Waals surface area (Å²) >= 11 is 0. The lowest BCUT2D eigenvalue weighted by Crippen LogP contribution is -2.34. The zero-order valence-corrected chi connectivity index (χ0v) is 12.6. The van der Waals surface area contributed by atoms with Crippen molar-refractivity contribution in [2.24, 2.45) is 5.92 Å². The maximum Gasteiger partial charge on any atom is 0.251 e. The molecule has 1 aromatic carbocycles. The summed E-state index contributed by atoms with van der Waals surface area (Å²) < 4.78 is 0. The Morgan fingerprint density at radius 2 is 1.95 bits per heavy atom. The zero-order chi connectivity index (χ0) is 14.5. The summed E-state index contributed by atoms with van der Waals surface area (Å²) in [5.41, 5.74) is 1.18. The van der Waals surface area contributed by atoms with E-state index in [2.05, 4.69) is 16.0 Å². The summed E-state index contributed by atoms with van der Waals surface area (Å²) in [7, 11) is 0. The Hall–Kier alpha value is -1.63. The lowest BCUT2D eigenvalue weighted by atomic mass is 10.1. The first-order valence-corrected chi connectivity index (χ1v) is 6.61. The van der Waals surface area contributed by atoms with Gasteiger partial charge in [-0.1, -0.05) is 0 Å². The van der Waals surface area contributed by atoms with Gasteiger partial charge < -0.3 is 21.1 Å². The van der Waals surface area contributed by atoms with Crippen molar-refractivity contribution in [1.82, 2.24) is 10.6 Å². The van der Waals surface area contributed by atoms with Crippen LogP contribution in [0.4, 0.5) is 5.69 Å². The van der Waals surface area contributed by atoms with E-state index in [0.717, 1.165) is 0 Å². The molecule has 116 valence electrons. The molecule has 0 spiro atoms. The molecular formula is C14H20ClN3O3. The van der Waals surface area contributed by atoms with Crippen LogP contribution in [-0.2, 0) is 4.79 Å². The average Bonchev–Trinajstić information content (AvgIpc) is 2.82. The molecule has 2 unspecified atom stereocenters. The second-order valence-electron chi connectivity index (χ2n) is 4.95. The van der Waals surface area contributed by atoms with Crippen molar-refractivity contribution < 1.29 is 14.7 Å². The molecule has 2 rings (SSSR count). The first-order valence-electron chi connectivity index (χ1n) is 6.61. The van der Waals surface area contributed by atoms with E-state index in [9.17, 15) is 14.7 Å². The van der Waals surface area contributed by atoms with Crippen LogP contribution in [0, 0.1) is 5.92 Å². The molecule has 0 aromatic heterocycles. The van der Waals surface area contributed by atoms with Gasteiger partial charge in [-0.2, -0.15) is 0 Å². The average molecular weight is 314 g/mol. The summed E-state index contributed by atoms with van der Waals surface area (Å²) in [6.45, 7) is 3.16. The van der Waals surface area contributed by atoms with Crippen LogP contribution < -0.4 is 16.0 Å². The van der Waals surface area contributed by atoms with Gasteiger partial charge in [0.1, 0.15) is 0 Å². The molecular weight excluding hydrogens is 294 g/mol. The molecule has 4 N–H and O–H groups in total. The van der Waals surface area contributed by atoms with Gasteiger partial charge in [0, 0.05) is 43.7 Å². The van der Waals surface area contributed by atoms with E-state index >= 15 is 0 Å². The molecule has 2 amide bonds. The van der Waals surface area contributed by atoms with Gasteiger partial charge in [0.15, 0.2) is 0 Å². The van der Waals surface area contributed by atoms with Gasteiger partial charge in [-0.3, -0.25) is 9.59 Å². The summed E-state index contributed by atoms with van der Waals surface area (Å²) in [5, 5.41) is 18.2. The quantitative estimate of drug-likeness (QED) is 0.647. The van der Waals surface area contributed by atoms with Crippen LogP contribution in [0.1, 0.15) is 17.3 Å². The molecule has 1 heterocycles. The summed E-state index contributed by atoms with van der Waals surface area (Å²) in [6, 6.07) is 6.68.